The fourth-order valence-electron chi connectivity index (χ4n) is 0.797. The van der Waals surface area contributed by atoms with Crippen molar-refractivity contribution in [2.45, 2.75) is 6.42 Å². The number of hydrogen-bond donors (Lipinski definition) is 1. The van der Waals surface area contributed by atoms with E-state index in [4.69, 9.17) is 6.58 Å². The molecule has 0 aromatic heterocycles. The largest absolute Gasteiger partial charge is 0.356 e. The molecule has 2 nitrogen and oxygen atoms in total. The topological polar surface area (TPSA) is 29.1 Å². The van der Waals surface area contributed by atoms with Crippen molar-refractivity contribution in [3.63, 3.8) is 0 Å². The summed E-state index contributed by atoms with van der Waals surface area (Å²) in [6.45, 7) is 5.91. The molecule has 0 bridgehead atoms. The Bertz CT molecular complexity index is 120. The molecule has 1 rings (SSSR count). The first-order valence-corrected chi connectivity index (χ1v) is 2.67. The number of carbonyl (C=O) groups is 1. The van der Waals surface area contributed by atoms with Crippen molar-refractivity contribution in [3.8, 4) is 0 Å². The maximum absolute atomic E-state index is 10.6. The molecule has 0 aliphatic carbocycles. The summed E-state index contributed by atoms with van der Waals surface area (Å²) < 4.78 is 0. The van der Waals surface area contributed by atoms with Crippen LogP contribution < -0.4 is 5.32 Å². The first-order valence-electron chi connectivity index (χ1n) is 2.67. The van der Waals surface area contributed by atoms with Gasteiger partial charge in [-0.05, 0) is 6.42 Å². The van der Waals surface area contributed by atoms with E-state index in [0.717, 1.165) is 13.0 Å². The van der Waals surface area contributed by atoms with Crippen LogP contribution in [0, 0.1) is 12.5 Å². The highest BCUT2D eigenvalue weighted by molar-refractivity contribution is 5.82. The standard InChI is InChI=1S/C6H8NO/c1-2-5-3-4-7-6(5)8/h1-2,5H,3-4H2,(H,7,8). The van der Waals surface area contributed by atoms with E-state index in [1.165, 1.54) is 6.08 Å². The van der Waals surface area contributed by atoms with E-state index in [1.807, 2.05) is 0 Å². The number of rotatable bonds is 1. The van der Waals surface area contributed by atoms with Crippen molar-refractivity contribution in [1.82, 2.24) is 5.32 Å². The van der Waals surface area contributed by atoms with Gasteiger partial charge in [-0.25, -0.2) is 0 Å². The van der Waals surface area contributed by atoms with E-state index in [0.29, 0.717) is 0 Å². The maximum atomic E-state index is 10.6. The van der Waals surface area contributed by atoms with Gasteiger partial charge in [-0.2, -0.15) is 0 Å². The van der Waals surface area contributed by atoms with Crippen molar-refractivity contribution in [1.29, 1.82) is 0 Å². The molecule has 1 aliphatic heterocycles. The molecule has 1 saturated heterocycles. The third-order valence-electron chi connectivity index (χ3n) is 1.32. The second kappa shape index (κ2) is 1.99. The number of amides is 1. The van der Waals surface area contributed by atoms with Gasteiger partial charge in [0.1, 0.15) is 0 Å². The molecule has 2 heteroatoms. The minimum absolute atomic E-state index is 0.0324. The summed E-state index contributed by atoms with van der Waals surface area (Å²) in [6.07, 6.45) is 2.30. The summed E-state index contributed by atoms with van der Waals surface area (Å²) in [5.74, 6) is 0.0301. The zero-order valence-corrected chi connectivity index (χ0v) is 4.55. The van der Waals surface area contributed by atoms with Gasteiger partial charge in [0, 0.05) is 6.54 Å². The molecule has 43 valence electrons. The fraction of sp³-hybridized carbons (Fsp3) is 0.500. The molecule has 0 aromatic carbocycles. The third-order valence-corrected chi connectivity index (χ3v) is 1.32. The molecule has 1 heterocycles. The van der Waals surface area contributed by atoms with Gasteiger partial charge in [0.25, 0.3) is 0 Å². The molecular weight excluding hydrogens is 102 g/mol. The Hall–Kier alpha value is -0.790. The van der Waals surface area contributed by atoms with Gasteiger partial charge in [0.2, 0.25) is 5.91 Å². The van der Waals surface area contributed by atoms with E-state index in [2.05, 4.69) is 5.32 Å². The molecule has 1 fully saturated rings. The van der Waals surface area contributed by atoms with Gasteiger partial charge in [-0.1, -0.05) is 12.7 Å². The van der Waals surface area contributed by atoms with Crippen molar-refractivity contribution in [3.05, 3.63) is 12.7 Å². The summed E-state index contributed by atoms with van der Waals surface area (Å²) in [5, 5.41) is 2.67. The molecule has 1 N–H and O–H groups in total. The molecule has 1 radical (unpaired) electrons. The Kier molecular flexibility index (Phi) is 1.33. The summed E-state index contributed by atoms with van der Waals surface area (Å²) in [7, 11) is 0. The van der Waals surface area contributed by atoms with Crippen molar-refractivity contribution >= 4 is 5.91 Å². The minimum atomic E-state index is -0.0324. The predicted octanol–water partition coefficient (Wildman–Crippen LogP) is 0.112. The lowest BCUT2D eigenvalue weighted by Gasteiger charge is -1.92. The molecule has 1 unspecified atom stereocenters. The highest BCUT2D eigenvalue weighted by atomic mass is 16.2. The van der Waals surface area contributed by atoms with Crippen LogP contribution in [0.5, 0.6) is 0 Å². The molecule has 8 heavy (non-hydrogen) atoms. The average Bonchev–Trinajstić information content (AvgIpc) is 2.14. The molecule has 0 spiro atoms. The molecule has 1 atom stereocenters. The van der Waals surface area contributed by atoms with E-state index in [1.54, 1.807) is 0 Å². The summed E-state index contributed by atoms with van der Waals surface area (Å²) >= 11 is 0. The highest BCUT2D eigenvalue weighted by Gasteiger charge is 2.19. The summed E-state index contributed by atoms with van der Waals surface area (Å²) in [4.78, 5) is 10.6. The van der Waals surface area contributed by atoms with Crippen LogP contribution in [0.2, 0.25) is 0 Å². The Morgan fingerprint density at radius 2 is 2.62 bits per heavy atom. The summed E-state index contributed by atoms with van der Waals surface area (Å²) in [5.41, 5.74) is 0. The van der Waals surface area contributed by atoms with Crippen LogP contribution in [0.1, 0.15) is 6.42 Å². The Morgan fingerprint density at radius 1 is 1.88 bits per heavy atom. The van der Waals surface area contributed by atoms with Crippen LogP contribution in [0.4, 0.5) is 0 Å². The highest BCUT2D eigenvalue weighted by Crippen LogP contribution is 2.08. The van der Waals surface area contributed by atoms with E-state index in [-0.39, 0.29) is 11.8 Å². The molecule has 0 aromatic rings. The smallest absolute Gasteiger partial charge is 0.226 e. The van der Waals surface area contributed by atoms with Crippen LogP contribution in [0.3, 0.4) is 0 Å². The van der Waals surface area contributed by atoms with Crippen molar-refractivity contribution < 1.29 is 4.79 Å². The Morgan fingerprint density at radius 3 is 2.88 bits per heavy atom. The van der Waals surface area contributed by atoms with Gasteiger partial charge in [0.15, 0.2) is 0 Å². The predicted molar refractivity (Wildman–Crippen MR) is 30.0 cm³/mol. The lowest BCUT2D eigenvalue weighted by atomic mass is 10.1. The zero-order valence-electron chi connectivity index (χ0n) is 4.55. The SMILES string of the molecule is [CH]=CC1CCNC1=O. The van der Waals surface area contributed by atoms with Crippen molar-refractivity contribution in [2.24, 2.45) is 5.92 Å². The molecule has 1 aliphatic rings. The monoisotopic (exact) mass is 110 g/mol. The fourth-order valence-corrected chi connectivity index (χ4v) is 0.797. The van der Waals surface area contributed by atoms with Crippen LogP contribution in [-0.2, 0) is 4.79 Å². The first kappa shape index (κ1) is 5.35. The molecule has 1 amide bonds. The second-order valence-corrected chi connectivity index (χ2v) is 1.88. The average molecular weight is 110 g/mol. The number of hydrogen-bond acceptors (Lipinski definition) is 1. The van der Waals surface area contributed by atoms with Crippen LogP contribution in [0.25, 0.3) is 0 Å². The maximum Gasteiger partial charge on any atom is 0.226 e. The van der Waals surface area contributed by atoms with Gasteiger partial charge < -0.3 is 5.32 Å². The van der Waals surface area contributed by atoms with Gasteiger partial charge in [-0.3, -0.25) is 4.79 Å². The quantitative estimate of drug-likeness (QED) is 0.510. The van der Waals surface area contributed by atoms with Crippen LogP contribution in [-0.4, -0.2) is 12.5 Å². The van der Waals surface area contributed by atoms with E-state index in [9.17, 15) is 4.79 Å². The summed E-state index contributed by atoms with van der Waals surface area (Å²) in [6, 6.07) is 0. The van der Waals surface area contributed by atoms with Crippen LogP contribution in [0.15, 0.2) is 6.08 Å². The van der Waals surface area contributed by atoms with E-state index >= 15 is 0 Å². The lowest BCUT2D eigenvalue weighted by Crippen LogP contribution is -2.17. The molecule has 0 saturated carbocycles. The number of nitrogens with one attached hydrogen (secondary N) is 1. The van der Waals surface area contributed by atoms with Gasteiger partial charge in [-0.15, -0.1) is 0 Å². The molecular formula is C6H8NO. The van der Waals surface area contributed by atoms with Crippen molar-refractivity contribution in [2.75, 3.05) is 6.54 Å². The van der Waals surface area contributed by atoms with Gasteiger partial charge in [0.05, 0.1) is 5.92 Å². The lowest BCUT2D eigenvalue weighted by molar-refractivity contribution is -0.121. The second-order valence-electron chi connectivity index (χ2n) is 1.88. The van der Waals surface area contributed by atoms with E-state index < -0.39 is 0 Å². The first-order chi connectivity index (χ1) is 3.84. The Labute approximate surface area is 48.6 Å². The van der Waals surface area contributed by atoms with Crippen LogP contribution >= 0.6 is 0 Å². The Balaban J connectivity index is 2.54. The van der Waals surface area contributed by atoms with Gasteiger partial charge >= 0.3 is 0 Å². The normalized spacial score (nSPS) is 27.5. The third kappa shape index (κ3) is 0.735. The minimum Gasteiger partial charge on any atom is -0.356 e. The number of carbonyl (C=O) groups excluding carboxylic acids is 1. The zero-order chi connectivity index (χ0) is 5.98.